The number of fused-ring (bicyclic) bond motifs is 1. The van der Waals surface area contributed by atoms with Gasteiger partial charge in [0.1, 0.15) is 11.9 Å². The molecule has 2 aromatic heterocycles. The highest BCUT2D eigenvalue weighted by Crippen LogP contribution is 2.24. The lowest BCUT2D eigenvalue weighted by Gasteiger charge is -2.10. The van der Waals surface area contributed by atoms with Gasteiger partial charge in [-0.05, 0) is 36.8 Å². The molecule has 0 radical (unpaired) electrons. The summed E-state index contributed by atoms with van der Waals surface area (Å²) in [6.07, 6.45) is -0.850. The molecule has 0 saturated carbocycles. The average Bonchev–Trinajstić information content (AvgIpc) is 2.83. The Morgan fingerprint density at radius 2 is 1.86 bits per heavy atom. The summed E-state index contributed by atoms with van der Waals surface area (Å²) in [4.78, 5) is 8.80. The second-order valence-electron chi connectivity index (χ2n) is 4.96. The normalized spacial score (nSPS) is 12.3. The number of aromatic nitrogens is 3. The molecule has 0 spiro atoms. The fraction of sp³-hybridized carbons (Fsp3) is 0.188. The second-order valence-corrected chi connectivity index (χ2v) is 4.96. The second kappa shape index (κ2) is 5.00. The number of nitriles is 1. The first-order valence-corrected chi connectivity index (χ1v) is 6.58. The Balaban J connectivity index is 2.06. The Labute approximate surface area is 122 Å². The van der Waals surface area contributed by atoms with Crippen LogP contribution in [0.4, 0.5) is 0 Å². The highest BCUT2D eigenvalue weighted by Gasteiger charge is 2.18. The van der Waals surface area contributed by atoms with E-state index in [-0.39, 0.29) is 0 Å². The van der Waals surface area contributed by atoms with E-state index in [1.54, 1.807) is 24.3 Å². The van der Waals surface area contributed by atoms with Crippen molar-refractivity contribution in [1.29, 1.82) is 5.26 Å². The summed E-state index contributed by atoms with van der Waals surface area (Å²) in [5.41, 5.74) is 3.65. The van der Waals surface area contributed by atoms with Crippen LogP contribution in [0.25, 0.3) is 11.2 Å². The van der Waals surface area contributed by atoms with Crippen LogP contribution in [-0.4, -0.2) is 19.6 Å². The predicted molar refractivity (Wildman–Crippen MR) is 78.5 cm³/mol. The van der Waals surface area contributed by atoms with Crippen molar-refractivity contribution in [2.45, 2.75) is 13.0 Å². The molecule has 0 aliphatic carbocycles. The maximum Gasteiger partial charge on any atom is 0.178 e. The lowest BCUT2D eigenvalue weighted by Crippen LogP contribution is -2.07. The summed E-state index contributed by atoms with van der Waals surface area (Å²) >= 11 is 0. The number of pyridine rings is 1. The van der Waals surface area contributed by atoms with Gasteiger partial charge in [-0.15, -0.1) is 0 Å². The van der Waals surface area contributed by atoms with Gasteiger partial charge in [0.2, 0.25) is 0 Å². The standard InChI is InChI=1S/C16H14N4O/c1-10-3-8-13-15(18-10)19-16(20(13)2)14(21)12-6-4-11(9-17)5-7-12/h3-8,14,21H,1-2H3. The molecule has 0 aliphatic heterocycles. The first-order valence-electron chi connectivity index (χ1n) is 6.58. The van der Waals surface area contributed by atoms with Crippen LogP contribution in [0.5, 0.6) is 0 Å². The SMILES string of the molecule is Cc1ccc2c(n1)nc(C(O)c1ccc(C#N)cc1)n2C. The number of imidazole rings is 1. The van der Waals surface area contributed by atoms with E-state index in [0.717, 1.165) is 11.2 Å². The molecule has 3 rings (SSSR count). The topological polar surface area (TPSA) is 74.7 Å². The fourth-order valence-corrected chi connectivity index (χ4v) is 2.32. The summed E-state index contributed by atoms with van der Waals surface area (Å²) in [5.74, 6) is 0.535. The molecule has 5 heteroatoms. The number of aryl methyl sites for hydroxylation is 2. The van der Waals surface area contributed by atoms with Gasteiger partial charge in [-0.2, -0.15) is 5.26 Å². The molecule has 0 fully saturated rings. The zero-order valence-electron chi connectivity index (χ0n) is 11.8. The number of nitrogens with zero attached hydrogens (tertiary/aromatic N) is 4. The van der Waals surface area contributed by atoms with E-state index in [1.807, 2.05) is 30.7 Å². The van der Waals surface area contributed by atoms with Crippen molar-refractivity contribution in [2.75, 3.05) is 0 Å². The monoisotopic (exact) mass is 278 g/mol. The molecule has 1 N–H and O–H groups in total. The van der Waals surface area contributed by atoms with E-state index in [9.17, 15) is 5.11 Å². The maximum atomic E-state index is 10.5. The van der Waals surface area contributed by atoms with Gasteiger partial charge in [0.15, 0.2) is 5.65 Å². The number of hydrogen-bond acceptors (Lipinski definition) is 4. The van der Waals surface area contributed by atoms with E-state index >= 15 is 0 Å². The van der Waals surface area contributed by atoms with E-state index < -0.39 is 6.10 Å². The minimum absolute atomic E-state index is 0.535. The molecule has 0 amide bonds. The summed E-state index contributed by atoms with van der Waals surface area (Å²) in [7, 11) is 1.86. The summed E-state index contributed by atoms with van der Waals surface area (Å²) < 4.78 is 1.84. The lowest BCUT2D eigenvalue weighted by atomic mass is 10.1. The van der Waals surface area contributed by atoms with Crippen molar-refractivity contribution in [1.82, 2.24) is 14.5 Å². The van der Waals surface area contributed by atoms with Crippen molar-refractivity contribution in [3.63, 3.8) is 0 Å². The van der Waals surface area contributed by atoms with E-state index in [1.165, 1.54) is 0 Å². The van der Waals surface area contributed by atoms with Gasteiger partial charge in [0.05, 0.1) is 17.1 Å². The highest BCUT2D eigenvalue weighted by atomic mass is 16.3. The van der Waals surface area contributed by atoms with Crippen LogP contribution >= 0.6 is 0 Å². The number of benzene rings is 1. The lowest BCUT2D eigenvalue weighted by molar-refractivity contribution is 0.207. The van der Waals surface area contributed by atoms with E-state index in [2.05, 4.69) is 16.0 Å². The first kappa shape index (κ1) is 13.3. The third-order valence-electron chi connectivity index (χ3n) is 3.52. The van der Waals surface area contributed by atoms with Crippen LogP contribution in [0.1, 0.15) is 28.7 Å². The Kier molecular flexibility index (Phi) is 3.16. The van der Waals surface area contributed by atoms with Gasteiger partial charge in [0, 0.05) is 12.7 Å². The van der Waals surface area contributed by atoms with Gasteiger partial charge in [-0.3, -0.25) is 0 Å². The molecular weight excluding hydrogens is 264 g/mol. The number of hydrogen-bond donors (Lipinski definition) is 1. The predicted octanol–water partition coefficient (Wildman–Crippen LogP) is 2.23. The fourth-order valence-electron chi connectivity index (χ4n) is 2.32. The van der Waals surface area contributed by atoms with E-state index in [0.29, 0.717) is 22.6 Å². The molecule has 0 aliphatic rings. The average molecular weight is 278 g/mol. The van der Waals surface area contributed by atoms with Gasteiger partial charge in [0.25, 0.3) is 0 Å². The molecule has 21 heavy (non-hydrogen) atoms. The largest absolute Gasteiger partial charge is 0.380 e. The van der Waals surface area contributed by atoms with Gasteiger partial charge < -0.3 is 9.67 Å². The molecule has 104 valence electrons. The van der Waals surface area contributed by atoms with Crippen molar-refractivity contribution in [3.8, 4) is 6.07 Å². The Hall–Kier alpha value is -2.71. The quantitative estimate of drug-likeness (QED) is 0.780. The minimum atomic E-state index is -0.850. The number of rotatable bonds is 2. The maximum absolute atomic E-state index is 10.5. The first-order chi connectivity index (χ1) is 10.1. The van der Waals surface area contributed by atoms with Crippen LogP contribution in [-0.2, 0) is 7.05 Å². The van der Waals surface area contributed by atoms with Crippen molar-refractivity contribution >= 4 is 11.2 Å². The molecule has 1 unspecified atom stereocenters. The molecule has 1 atom stereocenters. The highest BCUT2D eigenvalue weighted by molar-refractivity contribution is 5.72. The van der Waals surface area contributed by atoms with Crippen LogP contribution in [0.15, 0.2) is 36.4 Å². The smallest absolute Gasteiger partial charge is 0.178 e. The van der Waals surface area contributed by atoms with Crippen molar-refractivity contribution in [2.24, 2.45) is 7.05 Å². The number of aliphatic hydroxyl groups is 1. The van der Waals surface area contributed by atoms with Crippen LogP contribution in [0.3, 0.4) is 0 Å². The molecule has 0 saturated heterocycles. The molecule has 0 bridgehead atoms. The Morgan fingerprint density at radius 1 is 1.14 bits per heavy atom. The van der Waals surface area contributed by atoms with Gasteiger partial charge in [-0.25, -0.2) is 9.97 Å². The van der Waals surface area contributed by atoms with E-state index in [4.69, 9.17) is 5.26 Å². The summed E-state index contributed by atoms with van der Waals surface area (Å²) in [5, 5.41) is 19.3. The van der Waals surface area contributed by atoms with Crippen LogP contribution in [0, 0.1) is 18.3 Å². The molecule has 5 nitrogen and oxygen atoms in total. The van der Waals surface area contributed by atoms with Crippen molar-refractivity contribution in [3.05, 3.63) is 59.0 Å². The molecule has 3 aromatic rings. The Morgan fingerprint density at radius 3 is 2.52 bits per heavy atom. The zero-order valence-corrected chi connectivity index (χ0v) is 11.8. The third kappa shape index (κ3) is 2.26. The molecule has 2 heterocycles. The summed E-state index contributed by atoms with van der Waals surface area (Å²) in [6, 6.07) is 12.8. The molecule has 1 aromatic carbocycles. The third-order valence-corrected chi connectivity index (χ3v) is 3.52. The minimum Gasteiger partial charge on any atom is -0.380 e. The number of aliphatic hydroxyl groups excluding tert-OH is 1. The molecular formula is C16H14N4O. The van der Waals surface area contributed by atoms with Gasteiger partial charge in [-0.1, -0.05) is 12.1 Å². The van der Waals surface area contributed by atoms with Crippen molar-refractivity contribution < 1.29 is 5.11 Å². The zero-order chi connectivity index (χ0) is 15.0. The summed E-state index contributed by atoms with van der Waals surface area (Å²) in [6.45, 7) is 1.91. The van der Waals surface area contributed by atoms with Crippen LogP contribution < -0.4 is 0 Å². The van der Waals surface area contributed by atoms with Gasteiger partial charge >= 0.3 is 0 Å². The Bertz CT molecular complexity index is 843. The van der Waals surface area contributed by atoms with Crippen LogP contribution in [0.2, 0.25) is 0 Å².